The maximum absolute atomic E-state index is 13.5. The number of amides is 1. The van der Waals surface area contributed by atoms with Crippen molar-refractivity contribution in [2.24, 2.45) is 0 Å². The number of rotatable bonds is 19. The Balaban J connectivity index is 1.17. The Labute approximate surface area is 296 Å². The normalized spacial score (nSPS) is 17.9. The summed E-state index contributed by atoms with van der Waals surface area (Å²) in [4.78, 5) is 16.6. The topological polar surface area (TPSA) is 199 Å². The van der Waals surface area contributed by atoms with Crippen LogP contribution in [0.3, 0.4) is 0 Å². The molecule has 0 bridgehead atoms. The predicted molar refractivity (Wildman–Crippen MR) is 184 cm³/mol. The van der Waals surface area contributed by atoms with E-state index in [1.807, 2.05) is 36.5 Å². The third-order valence-corrected chi connectivity index (χ3v) is 11.2. The zero-order valence-electron chi connectivity index (χ0n) is 27.7. The monoisotopic (exact) mass is 733 g/mol. The molecule has 0 aliphatic heterocycles. The average Bonchev–Trinajstić information content (AvgIpc) is 4.07. The summed E-state index contributed by atoms with van der Waals surface area (Å²) in [6, 6.07) is 14.4. The molecule has 2 fully saturated rings. The fraction of sp³-hybridized carbons (Fsp3) is 0.486. The lowest BCUT2D eigenvalue weighted by Crippen LogP contribution is -2.51. The van der Waals surface area contributed by atoms with Crippen molar-refractivity contribution in [3.63, 3.8) is 0 Å². The summed E-state index contributed by atoms with van der Waals surface area (Å²) in [5.74, 6) is -0.169. The largest absolute Gasteiger partial charge is 0.490 e. The van der Waals surface area contributed by atoms with Gasteiger partial charge in [0.1, 0.15) is 24.1 Å². The van der Waals surface area contributed by atoms with Gasteiger partial charge in [0.15, 0.2) is 6.10 Å². The molecule has 3 aromatic rings. The first-order chi connectivity index (χ1) is 23.9. The number of carbonyl (C=O) groups is 1. The summed E-state index contributed by atoms with van der Waals surface area (Å²) >= 11 is 6.53. The highest BCUT2D eigenvalue weighted by Gasteiger charge is 2.48. The van der Waals surface area contributed by atoms with E-state index in [1.165, 1.54) is 29.6 Å². The van der Waals surface area contributed by atoms with E-state index in [2.05, 4.69) is 10.3 Å². The highest BCUT2D eigenvalue weighted by Crippen LogP contribution is 2.53. The van der Waals surface area contributed by atoms with E-state index in [9.17, 15) is 33.6 Å². The van der Waals surface area contributed by atoms with Crippen molar-refractivity contribution in [3.05, 3.63) is 77.1 Å². The van der Waals surface area contributed by atoms with Gasteiger partial charge in [0.2, 0.25) is 10.0 Å². The molecular weight excluding hydrogens is 690 g/mol. The number of hydrogen-bond donors (Lipinski definition) is 6. The number of carbonyl (C=O) groups excluding carboxylic acids is 1. The molecule has 2 aliphatic rings. The third kappa shape index (κ3) is 8.99. The van der Waals surface area contributed by atoms with Crippen LogP contribution in [0.1, 0.15) is 49.7 Å². The number of aliphatic hydroxyl groups excluding tert-OH is 5. The van der Waals surface area contributed by atoms with Crippen LogP contribution in [0.25, 0.3) is 11.1 Å². The molecule has 0 spiro atoms. The number of hydrogen-bond acceptors (Lipinski definition) is 11. The van der Waals surface area contributed by atoms with Gasteiger partial charge in [0.05, 0.1) is 29.8 Å². The number of halogens is 1. The van der Waals surface area contributed by atoms with Gasteiger partial charge in [-0.15, -0.1) is 0 Å². The molecule has 13 nitrogen and oxygen atoms in total. The van der Waals surface area contributed by atoms with Gasteiger partial charge in [-0.2, -0.15) is 0 Å². The Morgan fingerprint density at radius 1 is 1.06 bits per heavy atom. The number of unbranched alkanes of at least 4 members (excludes halogenated alkanes) is 1. The van der Waals surface area contributed by atoms with Gasteiger partial charge >= 0.3 is 0 Å². The van der Waals surface area contributed by atoms with Crippen LogP contribution in [-0.4, -0.2) is 106 Å². The van der Waals surface area contributed by atoms with Gasteiger partial charge in [-0.05, 0) is 80.0 Å². The molecule has 4 atom stereocenters. The van der Waals surface area contributed by atoms with Gasteiger partial charge in [0, 0.05) is 48.7 Å². The lowest BCUT2D eigenvalue weighted by atomic mass is 9.96. The molecule has 5 rings (SSSR count). The molecule has 0 radical (unpaired) electrons. The van der Waals surface area contributed by atoms with E-state index < -0.39 is 52.6 Å². The average molecular weight is 734 g/mol. The summed E-state index contributed by atoms with van der Waals surface area (Å²) in [5.41, 5.74) is 2.80. The van der Waals surface area contributed by atoms with Crippen LogP contribution < -0.4 is 10.1 Å². The smallest absolute Gasteiger partial charge is 0.251 e. The molecule has 2 saturated carbocycles. The summed E-state index contributed by atoms with van der Waals surface area (Å²) in [5, 5.41) is 50.5. The molecule has 6 N–H and O–H groups in total. The third-order valence-electron chi connectivity index (χ3n) is 8.96. The van der Waals surface area contributed by atoms with Crippen LogP contribution in [0.2, 0.25) is 5.02 Å². The lowest BCUT2D eigenvalue weighted by Gasteiger charge is -2.25. The van der Waals surface area contributed by atoms with Gasteiger partial charge in [-0.1, -0.05) is 29.8 Å². The van der Waals surface area contributed by atoms with Crippen molar-refractivity contribution < 1.29 is 48.2 Å². The SMILES string of the molecule is CN(CCCCNC(=O)C(O)C(O)C(O)C(O)CO)S(=O)(=O)c1ccc(Cl)c(COC2(c3cnccc3-c3ccccc3OC3CC3)CC2)c1. The maximum Gasteiger partial charge on any atom is 0.251 e. The van der Waals surface area contributed by atoms with Gasteiger partial charge < -0.3 is 40.3 Å². The summed E-state index contributed by atoms with van der Waals surface area (Å²) < 4.78 is 40.8. The quantitative estimate of drug-likeness (QED) is 0.0987. The second-order valence-corrected chi connectivity index (χ2v) is 15.2. The number of pyridine rings is 1. The Morgan fingerprint density at radius 2 is 1.80 bits per heavy atom. The van der Waals surface area contributed by atoms with E-state index in [4.69, 9.17) is 26.2 Å². The number of para-hydroxylation sites is 1. The van der Waals surface area contributed by atoms with Gasteiger partial charge in [-0.3, -0.25) is 9.78 Å². The van der Waals surface area contributed by atoms with E-state index in [-0.39, 0.29) is 30.7 Å². The summed E-state index contributed by atoms with van der Waals surface area (Å²) in [6.07, 6.45) is 0.412. The van der Waals surface area contributed by atoms with Crippen molar-refractivity contribution in [2.45, 2.75) is 86.1 Å². The Hall–Kier alpha value is -3.18. The lowest BCUT2D eigenvalue weighted by molar-refractivity contribution is -0.148. The number of aliphatic hydroxyl groups is 5. The first-order valence-corrected chi connectivity index (χ1v) is 18.4. The molecule has 15 heteroatoms. The highest BCUT2D eigenvalue weighted by atomic mass is 35.5. The highest BCUT2D eigenvalue weighted by molar-refractivity contribution is 7.89. The Morgan fingerprint density at radius 3 is 2.50 bits per heavy atom. The zero-order valence-corrected chi connectivity index (χ0v) is 29.3. The van der Waals surface area contributed by atoms with Crippen molar-refractivity contribution in [3.8, 4) is 16.9 Å². The van der Waals surface area contributed by atoms with Gasteiger partial charge in [0.25, 0.3) is 5.91 Å². The molecule has 50 heavy (non-hydrogen) atoms. The molecule has 1 amide bonds. The number of sulfonamides is 1. The molecular formula is C35H44ClN3O10S. The predicted octanol–water partition coefficient (Wildman–Crippen LogP) is 2.10. The summed E-state index contributed by atoms with van der Waals surface area (Å²) in [7, 11) is -2.46. The van der Waals surface area contributed by atoms with E-state index in [0.29, 0.717) is 23.4 Å². The van der Waals surface area contributed by atoms with Crippen LogP contribution in [0.4, 0.5) is 0 Å². The van der Waals surface area contributed by atoms with Crippen LogP contribution in [0.5, 0.6) is 5.75 Å². The fourth-order valence-electron chi connectivity index (χ4n) is 5.55. The van der Waals surface area contributed by atoms with Crippen molar-refractivity contribution >= 4 is 27.5 Å². The standard InChI is InChI=1S/C35H44ClN3O10S/c1-39(17-5-4-15-38-34(45)33(44)32(43)31(42)29(41)20-40)50(46,47)24-10-11-28(36)22(18-24)21-48-35(13-14-35)27-19-37-16-12-25(27)26-6-2-3-7-30(26)49-23-8-9-23/h2-3,6-7,10-12,16,18-19,23,29,31-33,40-44H,4-5,8-9,13-15,17,20-21H2,1H3,(H,38,45). The first kappa shape index (κ1) is 38.1. The maximum atomic E-state index is 13.5. The van der Waals surface area contributed by atoms with E-state index in [1.54, 1.807) is 6.20 Å². The number of nitrogens with zero attached hydrogens (tertiary/aromatic N) is 2. The van der Waals surface area contributed by atoms with Crippen LogP contribution >= 0.6 is 11.6 Å². The first-order valence-electron chi connectivity index (χ1n) is 16.6. The molecule has 1 aromatic heterocycles. The van der Waals surface area contributed by atoms with Crippen molar-refractivity contribution in [2.75, 3.05) is 26.7 Å². The number of benzene rings is 2. The molecule has 272 valence electrons. The fourth-order valence-corrected chi connectivity index (χ4v) is 6.98. The molecule has 0 saturated heterocycles. The second kappa shape index (κ2) is 16.4. The Bertz CT molecular complexity index is 1740. The van der Waals surface area contributed by atoms with Crippen LogP contribution in [0, 0.1) is 0 Å². The van der Waals surface area contributed by atoms with Crippen molar-refractivity contribution in [1.82, 2.24) is 14.6 Å². The molecule has 4 unspecified atom stereocenters. The minimum Gasteiger partial charge on any atom is -0.490 e. The number of aromatic nitrogens is 1. The minimum absolute atomic E-state index is 0.0510. The summed E-state index contributed by atoms with van der Waals surface area (Å²) in [6.45, 7) is -0.611. The minimum atomic E-state index is -3.91. The second-order valence-electron chi connectivity index (χ2n) is 12.8. The molecule has 2 aromatic carbocycles. The number of nitrogens with one attached hydrogen (secondary N) is 1. The Kier molecular flexibility index (Phi) is 12.5. The van der Waals surface area contributed by atoms with Crippen molar-refractivity contribution in [1.29, 1.82) is 0 Å². The van der Waals surface area contributed by atoms with Gasteiger partial charge in [-0.25, -0.2) is 12.7 Å². The van der Waals surface area contributed by atoms with E-state index in [0.717, 1.165) is 48.1 Å². The molecule has 2 aliphatic carbocycles. The van der Waals surface area contributed by atoms with Crippen LogP contribution in [-0.2, 0) is 31.8 Å². The van der Waals surface area contributed by atoms with E-state index >= 15 is 0 Å². The van der Waals surface area contributed by atoms with Crippen LogP contribution in [0.15, 0.2) is 65.8 Å². The zero-order chi connectivity index (χ0) is 36.1. The number of ether oxygens (including phenoxy) is 2. The molecule has 1 heterocycles.